The van der Waals surface area contributed by atoms with E-state index in [4.69, 9.17) is 4.74 Å². The second kappa shape index (κ2) is 5.10. The molecule has 2 aromatic rings. The fourth-order valence-corrected chi connectivity index (χ4v) is 3.04. The summed E-state index contributed by atoms with van der Waals surface area (Å²) in [5.41, 5.74) is 6.43. The molecule has 1 atom stereocenters. The lowest BCUT2D eigenvalue weighted by molar-refractivity contribution is 0.112. The molecule has 3 nitrogen and oxygen atoms in total. The van der Waals surface area contributed by atoms with Crippen molar-refractivity contribution in [2.24, 2.45) is 0 Å². The molecule has 1 N–H and O–H groups in total. The van der Waals surface area contributed by atoms with Gasteiger partial charge in [0.05, 0.1) is 6.61 Å². The molecule has 0 radical (unpaired) electrons. The Morgan fingerprint density at radius 1 is 1.25 bits per heavy atom. The predicted molar refractivity (Wildman–Crippen MR) is 80.5 cm³/mol. The molecule has 1 unspecified atom stereocenters. The van der Waals surface area contributed by atoms with Gasteiger partial charge in [-0.05, 0) is 34.4 Å². The van der Waals surface area contributed by atoms with Crippen molar-refractivity contribution in [1.29, 1.82) is 0 Å². The van der Waals surface area contributed by atoms with E-state index in [1.165, 1.54) is 11.1 Å². The third kappa shape index (κ3) is 1.82. The highest BCUT2D eigenvalue weighted by Gasteiger charge is 2.30. The molecule has 0 bridgehead atoms. The molecule has 1 aliphatic rings. The van der Waals surface area contributed by atoms with Crippen LogP contribution >= 0.6 is 0 Å². The molecule has 0 saturated carbocycles. The summed E-state index contributed by atoms with van der Waals surface area (Å²) in [4.78, 5) is 11.3. The number of carbonyl (C=O) groups is 1. The Labute approximate surface area is 118 Å². The zero-order valence-corrected chi connectivity index (χ0v) is 11.6. The number of benzene rings is 2. The van der Waals surface area contributed by atoms with Gasteiger partial charge in [0.1, 0.15) is 0 Å². The van der Waals surface area contributed by atoms with Crippen molar-refractivity contribution >= 4 is 12.0 Å². The minimum absolute atomic E-state index is 0.193. The Bertz CT molecular complexity index is 664. The van der Waals surface area contributed by atoms with Crippen molar-refractivity contribution in [3.63, 3.8) is 0 Å². The van der Waals surface area contributed by atoms with Crippen LogP contribution in [0.5, 0.6) is 0 Å². The predicted octanol–water partition coefficient (Wildman–Crippen LogP) is 3.30. The van der Waals surface area contributed by atoms with E-state index in [2.05, 4.69) is 23.5 Å². The standard InChI is InChI=1S/C17H17NO2/c1-18-12-6-7-14-15(8-12)16(10-20-2)13-5-3-4-11(9-19)17(13)14/h3-9,16,18H,10H2,1-2H3. The van der Waals surface area contributed by atoms with Gasteiger partial charge in [-0.3, -0.25) is 4.79 Å². The van der Waals surface area contributed by atoms with E-state index < -0.39 is 0 Å². The molecule has 0 saturated heterocycles. The molecule has 20 heavy (non-hydrogen) atoms. The molecule has 0 aliphatic heterocycles. The van der Waals surface area contributed by atoms with Gasteiger partial charge in [-0.15, -0.1) is 0 Å². The first-order valence-corrected chi connectivity index (χ1v) is 6.69. The Kier molecular flexibility index (Phi) is 3.28. The van der Waals surface area contributed by atoms with Crippen LogP contribution in [-0.4, -0.2) is 27.1 Å². The molecule has 0 heterocycles. The molecule has 0 amide bonds. The first kappa shape index (κ1) is 12.9. The quantitative estimate of drug-likeness (QED) is 0.864. The average molecular weight is 267 g/mol. The molecule has 3 rings (SSSR count). The first-order valence-electron chi connectivity index (χ1n) is 6.69. The van der Waals surface area contributed by atoms with Crippen molar-refractivity contribution < 1.29 is 9.53 Å². The molecular formula is C17H17NO2. The maximum absolute atomic E-state index is 11.3. The number of nitrogens with one attached hydrogen (secondary N) is 1. The van der Waals surface area contributed by atoms with Crippen LogP contribution in [0.25, 0.3) is 11.1 Å². The van der Waals surface area contributed by atoms with Crippen molar-refractivity contribution in [3.8, 4) is 11.1 Å². The van der Waals surface area contributed by atoms with Gasteiger partial charge < -0.3 is 10.1 Å². The van der Waals surface area contributed by atoms with Gasteiger partial charge >= 0.3 is 0 Å². The van der Waals surface area contributed by atoms with Gasteiger partial charge in [-0.25, -0.2) is 0 Å². The maximum Gasteiger partial charge on any atom is 0.150 e. The number of methoxy groups -OCH3 is 1. The number of anilines is 1. The van der Waals surface area contributed by atoms with Gasteiger partial charge in [0, 0.05) is 31.3 Å². The molecule has 3 heteroatoms. The maximum atomic E-state index is 11.3. The lowest BCUT2D eigenvalue weighted by atomic mass is 9.97. The average Bonchev–Trinajstić information content (AvgIpc) is 2.81. The van der Waals surface area contributed by atoms with Gasteiger partial charge in [0.15, 0.2) is 6.29 Å². The van der Waals surface area contributed by atoms with Gasteiger partial charge in [0.2, 0.25) is 0 Å². The molecule has 1 aliphatic carbocycles. The number of hydrogen-bond donors (Lipinski definition) is 1. The SMILES string of the molecule is CNc1ccc2c(c1)C(COC)c1cccc(C=O)c1-2. The number of rotatable bonds is 4. The monoisotopic (exact) mass is 267 g/mol. The molecule has 2 aromatic carbocycles. The second-order valence-electron chi connectivity index (χ2n) is 4.99. The summed E-state index contributed by atoms with van der Waals surface area (Å²) in [7, 11) is 3.62. The molecule has 102 valence electrons. The van der Waals surface area contributed by atoms with Crippen LogP contribution in [0.3, 0.4) is 0 Å². The summed E-state index contributed by atoms with van der Waals surface area (Å²) in [6.45, 7) is 0.621. The summed E-state index contributed by atoms with van der Waals surface area (Å²) in [5, 5.41) is 3.16. The Morgan fingerprint density at radius 3 is 2.80 bits per heavy atom. The third-order valence-electron chi connectivity index (χ3n) is 3.95. The van der Waals surface area contributed by atoms with Crippen LogP contribution in [0.1, 0.15) is 27.4 Å². The number of carbonyl (C=O) groups excluding carboxylic acids is 1. The van der Waals surface area contributed by atoms with Crippen LogP contribution in [0, 0.1) is 0 Å². The second-order valence-corrected chi connectivity index (χ2v) is 4.99. The lowest BCUT2D eigenvalue weighted by Gasteiger charge is -2.13. The molecule has 0 fully saturated rings. The summed E-state index contributed by atoms with van der Waals surface area (Å²) in [5.74, 6) is 0.193. The number of ether oxygens (including phenoxy) is 1. The minimum atomic E-state index is 0.193. The molecule has 0 spiro atoms. The van der Waals surface area contributed by atoms with Crippen molar-refractivity contribution in [3.05, 3.63) is 53.1 Å². The first-order chi connectivity index (χ1) is 9.80. The number of fused-ring (bicyclic) bond motifs is 3. The summed E-state index contributed by atoms with van der Waals surface area (Å²) in [6, 6.07) is 12.2. The number of hydrogen-bond acceptors (Lipinski definition) is 3. The molecule has 0 aromatic heterocycles. The molecular weight excluding hydrogens is 250 g/mol. The van der Waals surface area contributed by atoms with Gasteiger partial charge in [-0.1, -0.05) is 24.3 Å². The van der Waals surface area contributed by atoms with Crippen LogP contribution in [0.15, 0.2) is 36.4 Å². The van der Waals surface area contributed by atoms with Crippen LogP contribution in [0.2, 0.25) is 0 Å². The highest BCUT2D eigenvalue weighted by atomic mass is 16.5. The lowest BCUT2D eigenvalue weighted by Crippen LogP contribution is -2.05. The van der Waals surface area contributed by atoms with E-state index in [1.807, 2.05) is 25.2 Å². The van der Waals surface area contributed by atoms with E-state index in [0.717, 1.165) is 28.7 Å². The normalized spacial score (nSPS) is 15.6. The van der Waals surface area contributed by atoms with E-state index in [0.29, 0.717) is 6.61 Å². The Balaban J connectivity index is 2.25. The fraction of sp³-hybridized carbons (Fsp3) is 0.235. The smallest absolute Gasteiger partial charge is 0.150 e. The zero-order valence-electron chi connectivity index (χ0n) is 11.6. The van der Waals surface area contributed by atoms with E-state index in [1.54, 1.807) is 7.11 Å². The number of aldehydes is 1. The van der Waals surface area contributed by atoms with Crippen molar-refractivity contribution in [2.45, 2.75) is 5.92 Å². The van der Waals surface area contributed by atoms with Crippen LogP contribution < -0.4 is 5.32 Å². The zero-order chi connectivity index (χ0) is 14.1. The third-order valence-corrected chi connectivity index (χ3v) is 3.95. The summed E-state index contributed by atoms with van der Waals surface area (Å²) in [6.07, 6.45) is 0.934. The Morgan fingerprint density at radius 2 is 2.10 bits per heavy atom. The Hall–Kier alpha value is -2.13. The summed E-state index contributed by atoms with van der Waals surface area (Å²) >= 11 is 0. The van der Waals surface area contributed by atoms with E-state index in [9.17, 15) is 4.79 Å². The highest BCUT2D eigenvalue weighted by Crippen LogP contribution is 2.46. The van der Waals surface area contributed by atoms with Gasteiger partial charge in [0.25, 0.3) is 0 Å². The van der Waals surface area contributed by atoms with E-state index in [-0.39, 0.29) is 5.92 Å². The summed E-state index contributed by atoms with van der Waals surface area (Å²) < 4.78 is 5.38. The van der Waals surface area contributed by atoms with Crippen LogP contribution in [0.4, 0.5) is 5.69 Å². The van der Waals surface area contributed by atoms with Crippen molar-refractivity contribution in [2.75, 3.05) is 26.1 Å². The largest absolute Gasteiger partial charge is 0.388 e. The van der Waals surface area contributed by atoms with Crippen molar-refractivity contribution in [1.82, 2.24) is 0 Å². The topological polar surface area (TPSA) is 38.3 Å². The van der Waals surface area contributed by atoms with Crippen LogP contribution in [-0.2, 0) is 4.74 Å². The highest BCUT2D eigenvalue weighted by molar-refractivity contribution is 5.93. The van der Waals surface area contributed by atoms with Gasteiger partial charge in [-0.2, -0.15) is 0 Å². The fourth-order valence-electron chi connectivity index (χ4n) is 3.04. The van der Waals surface area contributed by atoms with E-state index >= 15 is 0 Å². The minimum Gasteiger partial charge on any atom is -0.388 e.